The highest BCUT2D eigenvalue weighted by Gasteiger charge is 2.31. The lowest BCUT2D eigenvalue weighted by Crippen LogP contribution is -2.46. The largest absolute Gasteiger partial charge is 0.363 e. The number of benzene rings is 3. The summed E-state index contributed by atoms with van der Waals surface area (Å²) in [5, 5.41) is 9.54. The Kier molecular flexibility index (Phi) is 6.58. The van der Waals surface area contributed by atoms with Crippen LogP contribution in [0.4, 0.5) is 5.69 Å². The zero-order valence-electron chi connectivity index (χ0n) is 19.5. The molecular formula is C29H27N5O. The number of imidazole rings is 1. The van der Waals surface area contributed by atoms with Crippen LogP contribution in [0.1, 0.15) is 27.9 Å². The Hall–Kier alpha value is -4.37. The molecule has 0 unspecified atom stereocenters. The fourth-order valence-electron chi connectivity index (χ4n) is 4.80. The first-order valence-corrected chi connectivity index (χ1v) is 11.8. The van der Waals surface area contributed by atoms with Gasteiger partial charge in [0, 0.05) is 25.0 Å². The zero-order chi connectivity index (χ0) is 24.0. The minimum absolute atomic E-state index is 0.0366. The normalized spacial score (nSPS) is 15.2. The lowest BCUT2D eigenvalue weighted by molar-refractivity contribution is -0.133. The molecule has 1 atom stereocenters. The van der Waals surface area contributed by atoms with Crippen molar-refractivity contribution in [2.75, 3.05) is 11.4 Å². The summed E-state index contributed by atoms with van der Waals surface area (Å²) >= 11 is 0. The van der Waals surface area contributed by atoms with Crippen molar-refractivity contribution in [3.63, 3.8) is 0 Å². The molecule has 0 aliphatic carbocycles. The second kappa shape index (κ2) is 10.3. The van der Waals surface area contributed by atoms with Gasteiger partial charge in [0.2, 0.25) is 5.91 Å². The van der Waals surface area contributed by atoms with E-state index in [2.05, 4.69) is 33.1 Å². The van der Waals surface area contributed by atoms with Crippen molar-refractivity contribution in [1.82, 2.24) is 14.9 Å². The molecule has 1 N–H and O–H groups in total. The fraction of sp³-hybridized carbons (Fsp3) is 0.207. The van der Waals surface area contributed by atoms with Gasteiger partial charge in [0.05, 0.1) is 42.7 Å². The molecule has 0 bridgehead atoms. The van der Waals surface area contributed by atoms with Gasteiger partial charge >= 0.3 is 0 Å². The minimum atomic E-state index is -0.0366. The van der Waals surface area contributed by atoms with Gasteiger partial charge in [-0.25, -0.2) is 4.98 Å². The van der Waals surface area contributed by atoms with Crippen molar-refractivity contribution in [3.05, 3.63) is 119 Å². The van der Waals surface area contributed by atoms with Gasteiger partial charge in [-0.05, 0) is 41.3 Å². The van der Waals surface area contributed by atoms with Crippen LogP contribution in [0.5, 0.6) is 0 Å². The number of H-pyrrole nitrogens is 1. The highest BCUT2D eigenvalue weighted by Crippen LogP contribution is 2.31. The highest BCUT2D eigenvalue weighted by molar-refractivity contribution is 5.80. The van der Waals surface area contributed by atoms with Gasteiger partial charge in [-0.1, -0.05) is 60.7 Å². The van der Waals surface area contributed by atoms with Crippen LogP contribution in [0.25, 0.3) is 0 Å². The molecule has 1 aliphatic rings. The highest BCUT2D eigenvalue weighted by atomic mass is 16.2. The van der Waals surface area contributed by atoms with E-state index in [9.17, 15) is 10.1 Å². The summed E-state index contributed by atoms with van der Waals surface area (Å²) in [5.41, 5.74) is 5.75. The molecule has 6 nitrogen and oxygen atoms in total. The predicted molar refractivity (Wildman–Crippen MR) is 135 cm³/mol. The van der Waals surface area contributed by atoms with Crippen LogP contribution in [0.3, 0.4) is 0 Å². The van der Waals surface area contributed by atoms with Crippen molar-refractivity contribution in [3.8, 4) is 6.07 Å². The van der Waals surface area contributed by atoms with E-state index < -0.39 is 0 Å². The molecule has 4 aromatic rings. The predicted octanol–water partition coefficient (Wildman–Crippen LogP) is 4.48. The van der Waals surface area contributed by atoms with Crippen molar-refractivity contribution in [2.45, 2.75) is 32.0 Å². The number of rotatable bonds is 6. The summed E-state index contributed by atoms with van der Waals surface area (Å²) in [6.45, 7) is 1.75. The monoisotopic (exact) mass is 461 g/mol. The van der Waals surface area contributed by atoms with E-state index in [4.69, 9.17) is 0 Å². The number of nitriles is 1. The average molecular weight is 462 g/mol. The van der Waals surface area contributed by atoms with Crippen LogP contribution in [-0.2, 0) is 30.7 Å². The van der Waals surface area contributed by atoms with Gasteiger partial charge in [-0.15, -0.1) is 0 Å². The molecule has 6 heteroatoms. The molecule has 1 aromatic heterocycles. The number of anilines is 1. The molecule has 1 aliphatic heterocycles. The van der Waals surface area contributed by atoms with Gasteiger partial charge in [-0.3, -0.25) is 4.79 Å². The van der Waals surface area contributed by atoms with E-state index in [0.717, 1.165) is 28.9 Å². The van der Waals surface area contributed by atoms with E-state index in [0.29, 0.717) is 31.6 Å². The number of aromatic nitrogens is 2. The number of hydrogen-bond donors (Lipinski definition) is 1. The van der Waals surface area contributed by atoms with Gasteiger partial charge in [-0.2, -0.15) is 5.26 Å². The summed E-state index contributed by atoms with van der Waals surface area (Å²) in [6, 6.07) is 28.2. The Balaban J connectivity index is 1.53. The molecule has 1 amide bonds. The minimum Gasteiger partial charge on any atom is -0.363 e. The van der Waals surface area contributed by atoms with E-state index in [1.165, 1.54) is 5.56 Å². The first-order valence-electron chi connectivity index (χ1n) is 11.8. The number of carbonyl (C=O) groups excluding carboxylic acids is 1. The number of aromatic amines is 1. The van der Waals surface area contributed by atoms with Crippen LogP contribution < -0.4 is 4.90 Å². The van der Waals surface area contributed by atoms with Gasteiger partial charge in [0.25, 0.3) is 0 Å². The van der Waals surface area contributed by atoms with E-state index >= 15 is 0 Å². The maximum atomic E-state index is 13.7. The molecule has 3 aromatic carbocycles. The van der Waals surface area contributed by atoms with Crippen molar-refractivity contribution >= 4 is 11.6 Å². The van der Waals surface area contributed by atoms with Crippen LogP contribution in [0.15, 0.2) is 91.4 Å². The van der Waals surface area contributed by atoms with Crippen LogP contribution in [0, 0.1) is 11.3 Å². The molecule has 5 rings (SSSR count). The zero-order valence-corrected chi connectivity index (χ0v) is 19.5. The third kappa shape index (κ3) is 5.25. The molecular weight excluding hydrogens is 434 g/mol. The first kappa shape index (κ1) is 22.4. The molecule has 0 saturated carbocycles. The second-order valence-electron chi connectivity index (χ2n) is 8.92. The molecule has 2 heterocycles. The number of hydrogen-bond acceptors (Lipinski definition) is 4. The van der Waals surface area contributed by atoms with E-state index in [1.54, 1.807) is 6.33 Å². The number of amides is 1. The van der Waals surface area contributed by atoms with E-state index in [1.807, 2.05) is 77.8 Å². The number of nitrogens with zero attached hydrogens (tertiary/aromatic N) is 4. The maximum absolute atomic E-state index is 13.7. The van der Waals surface area contributed by atoms with Gasteiger partial charge in [0.15, 0.2) is 0 Å². The summed E-state index contributed by atoms with van der Waals surface area (Å²) in [7, 11) is 0. The van der Waals surface area contributed by atoms with Crippen LogP contribution in [0.2, 0.25) is 0 Å². The summed E-state index contributed by atoms with van der Waals surface area (Å²) in [5.74, 6) is 0.0899. The van der Waals surface area contributed by atoms with Crippen molar-refractivity contribution in [1.29, 1.82) is 5.26 Å². The van der Waals surface area contributed by atoms with E-state index in [-0.39, 0.29) is 11.9 Å². The van der Waals surface area contributed by atoms with Gasteiger partial charge < -0.3 is 14.8 Å². The molecule has 0 spiro atoms. The van der Waals surface area contributed by atoms with Crippen LogP contribution in [-0.4, -0.2) is 33.4 Å². The molecule has 174 valence electrons. The van der Waals surface area contributed by atoms with Crippen LogP contribution >= 0.6 is 0 Å². The molecule has 0 fully saturated rings. The number of fused-ring (bicyclic) bond motifs is 1. The lowest BCUT2D eigenvalue weighted by atomic mass is 10.0. The second-order valence-corrected chi connectivity index (χ2v) is 8.92. The quantitative estimate of drug-likeness (QED) is 0.459. The fourth-order valence-corrected chi connectivity index (χ4v) is 4.80. The third-order valence-corrected chi connectivity index (χ3v) is 6.50. The Morgan fingerprint density at radius 1 is 1.03 bits per heavy atom. The Morgan fingerprint density at radius 3 is 2.46 bits per heavy atom. The summed E-state index contributed by atoms with van der Waals surface area (Å²) < 4.78 is 0. The average Bonchev–Trinajstić information content (AvgIpc) is 3.35. The summed E-state index contributed by atoms with van der Waals surface area (Å²) in [6.07, 6.45) is 4.68. The maximum Gasteiger partial charge on any atom is 0.227 e. The molecule has 0 radical (unpaired) electrons. The van der Waals surface area contributed by atoms with Crippen molar-refractivity contribution in [2.24, 2.45) is 0 Å². The molecule has 0 saturated heterocycles. The van der Waals surface area contributed by atoms with Crippen molar-refractivity contribution < 1.29 is 4.79 Å². The number of nitrogens with one attached hydrogen (secondary N) is 1. The smallest absolute Gasteiger partial charge is 0.227 e. The topological polar surface area (TPSA) is 76.0 Å². The lowest BCUT2D eigenvalue weighted by Gasteiger charge is -2.33. The van der Waals surface area contributed by atoms with Gasteiger partial charge in [0.1, 0.15) is 0 Å². The first-order chi connectivity index (χ1) is 17.2. The third-order valence-electron chi connectivity index (χ3n) is 6.50. The Morgan fingerprint density at radius 2 is 1.77 bits per heavy atom. The SMILES string of the molecule is N#Cc1ccc2c(c1)CN(C(=O)Cc1ccccc1)[C@H](Cc1ccccc1)CN2Cc1c[nH]cn1. The standard InChI is InChI=1S/C29H27N5O/c30-16-24-11-12-28-25(13-24)18-34(29(35)15-23-9-5-2-6-10-23)27(14-22-7-3-1-4-8-22)20-33(28)19-26-17-31-21-32-26/h1-13,17,21,27H,14-15,18-20H2,(H,31,32)/t27-/m1/s1. The molecule has 35 heavy (non-hydrogen) atoms. The number of carbonyl (C=O) groups is 1. The Labute approximate surface area is 205 Å². The summed E-state index contributed by atoms with van der Waals surface area (Å²) in [4.78, 5) is 25.5. The Bertz CT molecular complexity index is 1310.